The number of anilines is 1. The Morgan fingerprint density at radius 1 is 1.48 bits per heavy atom. The molecule has 0 aliphatic rings. The number of hydrogen-bond donors (Lipinski definition) is 1. The minimum Gasteiger partial charge on any atom is -0.469 e. The molecule has 1 atom stereocenters. The fourth-order valence-corrected chi connectivity index (χ4v) is 1.92. The number of benzene rings is 1. The maximum atomic E-state index is 11.9. The largest absolute Gasteiger partial charge is 0.469 e. The molecular weight excluding hydrogens is 270 g/mol. The van der Waals surface area contributed by atoms with Crippen molar-refractivity contribution in [2.45, 2.75) is 6.92 Å². The van der Waals surface area contributed by atoms with Gasteiger partial charge in [0.1, 0.15) is 0 Å². The van der Waals surface area contributed by atoms with Crippen molar-refractivity contribution in [2.24, 2.45) is 5.92 Å². The zero-order valence-corrected chi connectivity index (χ0v) is 12.4. The third-order valence-electron chi connectivity index (χ3n) is 2.88. The van der Waals surface area contributed by atoms with E-state index in [0.29, 0.717) is 17.8 Å². The van der Waals surface area contributed by atoms with Crippen molar-refractivity contribution in [2.75, 3.05) is 32.6 Å². The Balaban J connectivity index is 2.49. The summed E-state index contributed by atoms with van der Waals surface area (Å²) in [7, 11) is 3.10. The van der Waals surface area contributed by atoms with Gasteiger partial charge in [-0.2, -0.15) is 5.26 Å². The Labute approximate surface area is 124 Å². The number of rotatable bonds is 6. The lowest BCUT2D eigenvalue weighted by Gasteiger charge is -2.19. The third-order valence-corrected chi connectivity index (χ3v) is 2.88. The van der Waals surface area contributed by atoms with Crippen LogP contribution in [0, 0.1) is 17.2 Å². The van der Waals surface area contributed by atoms with Gasteiger partial charge in [-0.05, 0) is 25.2 Å². The summed E-state index contributed by atoms with van der Waals surface area (Å²) in [6.07, 6.45) is 0. The zero-order valence-electron chi connectivity index (χ0n) is 12.4. The minimum atomic E-state index is -0.302. The molecule has 0 fully saturated rings. The predicted molar refractivity (Wildman–Crippen MR) is 78.5 cm³/mol. The van der Waals surface area contributed by atoms with E-state index in [1.807, 2.05) is 6.07 Å². The molecule has 112 valence electrons. The van der Waals surface area contributed by atoms with Crippen LogP contribution in [0.2, 0.25) is 0 Å². The summed E-state index contributed by atoms with van der Waals surface area (Å²) in [6.45, 7) is 2.33. The topological polar surface area (TPSA) is 82.4 Å². The Bertz CT molecular complexity index is 551. The number of ether oxygens (including phenoxy) is 1. The smallest absolute Gasteiger partial charge is 0.309 e. The number of nitrogens with zero attached hydrogens (tertiary/aromatic N) is 2. The van der Waals surface area contributed by atoms with Crippen molar-refractivity contribution in [1.29, 1.82) is 5.26 Å². The molecule has 0 saturated heterocycles. The Morgan fingerprint density at radius 2 is 2.19 bits per heavy atom. The molecule has 1 N–H and O–H groups in total. The van der Waals surface area contributed by atoms with E-state index in [4.69, 9.17) is 5.26 Å². The summed E-state index contributed by atoms with van der Waals surface area (Å²) in [5.74, 6) is -0.802. The van der Waals surface area contributed by atoms with Crippen LogP contribution in [-0.4, -0.2) is 44.0 Å². The maximum Gasteiger partial charge on any atom is 0.309 e. The molecule has 0 heterocycles. The first kappa shape index (κ1) is 16.7. The first-order valence-electron chi connectivity index (χ1n) is 6.52. The second-order valence-electron chi connectivity index (χ2n) is 4.86. The number of nitriles is 1. The summed E-state index contributed by atoms with van der Waals surface area (Å²) in [5, 5.41) is 11.5. The lowest BCUT2D eigenvalue weighted by molar-refractivity contribution is -0.145. The predicted octanol–water partition coefficient (Wildman–Crippen LogP) is 1.24. The van der Waals surface area contributed by atoms with Crippen LogP contribution in [0.5, 0.6) is 0 Å². The normalized spacial score (nSPS) is 11.6. The molecule has 0 aromatic heterocycles. The van der Waals surface area contributed by atoms with Crippen molar-refractivity contribution in [3.05, 3.63) is 29.8 Å². The van der Waals surface area contributed by atoms with Crippen molar-refractivity contribution in [3.8, 4) is 6.07 Å². The standard InChI is InChI=1S/C15H19N3O3/c1-11(15(20)21-3)9-18(2)10-14(19)17-13-6-4-5-12(7-13)8-16/h4-7,11H,9-10H2,1-3H3,(H,17,19). The Morgan fingerprint density at radius 3 is 2.81 bits per heavy atom. The summed E-state index contributed by atoms with van der Waals surface area (Å²) >= 11 is 0. The van der Waals surface area contributed by atoms with Gasteiger partial charge in [0.25, 0.3) is 0 Å². The fraction of sp³-hybridized carbons (Fsp3) is 0.400. The van der Waals surface area contributed by atoms with E-state index >= 15 is 0 Å². The van der Waals surface area contributed by atoms with Crippen LogP contribution in [0.1, 0.15) is 12.5 Å². The zero-order chi connectivity index (χ0) is 15.8. The molecule has 0 aliphatic carbocycles. The van der Waals surface area contributed by atoms with Gasteiger partial charge in [-0.15, -0.1) is 0 Å². The summed E-state index contributed by atoms with van der Waals surface area (Å²) in [5.41, 5.74) is 1.06. The molecule has 1 aromatic rings. The number of nitrogens with one attached hydrogen (secondary N) is 1. The molecule has 1 rings (SSSR count). The molecule has 0 saturated carbocycles. The van der Waals surface area contributed by atoms with E-state index in [9.17, 15) is 9.59 Å². The number of carbonyl (C=O) groups is 2. The van der Waals surface area contributed by atoms with Crippen LogP contribution >= 0.6 is 0 Å². The van der Waals surface area contributed by atoms with E-state index in [1.54, 1.807) is 43.1 Å². The fourth-order valence-electron chi connectivity index (χ4n) is 1.92. The van der Waals surface area contributed by atoms with Crippen LogP contribution in [0.4, 0.5) is 5.69 Å². The molecule has 0 radical (unpaired) electrons. The van der Waals surface area contributed by atoms with Gasteiger partial charge in [0.05, 0.1) is 31.2 Å². The Hall–Kier alpha value is -2.39. The van der Waals surface area contributed by atoms with Gasteiger partial charge in [0.2, 0.25) is 5.91 Å². The molecule has 0 aliphatic heterocycles. The molecular formula is C15H19N3O3. The summed E-state index contributed by atoms with van der Waals surface area (Å²) in [6, 6.07) is 8.71. The van der Waals surface area contributed by atoms with E-state index in [1.165, 1.54) is 7.11 Å². The molecule has 0 spiro atoms. The van der Waals surface area contributed by atoms with Crippen molar-refractivity contribution >= 4 is 17.6 Å². The van der Waals surface area contributed by atoms with Gasteiger partial charge in [0, 0.05) is 12.2 Å². The second kappa shape index (κ2) is 8.02. The molecule has 6 heteroatoms. The minimum absolute atomic E-state index is 0.151. The first-order valence-corrected chi connectivity index (χ1v) is 6.52. The van der Waals surface area contributed by atoms with Crippen molar-refractivity contribution in [1.82, 2.24) is 4.90 Å². The highest BCUT2D eigenvalue weighted by Crippen LogP contribution is 2.09. The molecule has 1 aromatic carbocycles. The number of likely N-dealkylation sites (N-methyl/N-ethyl adjacent to an activating group) is 1. The van der Waals surface area contributed by atoms with Crippen LogP contribution in [-0.2, 0) is 14.3 Å². The van der Waals surface area contributed by atoms with E-state index in [-0.39, 0.29) is 24.3 Å². The Kier molecular flexibility index (Phi) is 6.37. The van der Waals surface area contributed by atoms with E-state index < -0.39 is 0 Å². The van der Waals surface area contributed by atoms with E-state index in [0.717, 1.165) is 0 Å². The van der Waals surface area contributed by atoms with Gasteiger partial charge < -0.3 is 10.1 Å². The SMILES string of the molecule is COC(=O)C(C)CN(C)CC(=O)Nc1cccc(C#N)c1. The second-order valence-corrected chi connectivity index (χ2v) is 4.86. The van der Waals surface area contributed by atoms with Crippen LogP contribution < -0.4 is 5.32 Å². The number of carbonyl (C=O) groups excluding carboxylic acids is 2. The monoisotopic (exact) mass is 289 g/mol. The maximum absolute atomic E-state index is 11.9. The third kappa shape index (κ3) is 5.63. The van der Waals surface area contributed by atoms with Crippen LogP contribution in [0.15, 0.2) is 24.3 Å². The highest BCUT2D eigenvalue weighted by atomic mass is 16.5. The van der Waals surface area contributed by atoms with Gasteiger partial charge in [-0.1, -0.05) is 13.0 Å². The lowest BCUT2D eigenvalue weighted by atomic mass is 10.2. The number of methoxy groups -OCH3 is 1. The van der Waals surface area contributed by atoms with Crippen molar-refractivity contribution in [3.63, 3.8) is 0 Å². The van der Waals surface area contributed by atoms with Crippen molar-refractivity contribution < 1.29 is 14.3 Å². The van der Waals surface area contributed by atoms with Gasteiger partial charge in [-0.25, -0.2) is 0 Å². The first-order chi connectivity index (χ1) is 9.96. The molecule has 1 amide bonds. The number of hydrogen-bond acceptors (Lipinski definition) is 5. The summed E-state index contributed by atoms with van der Waals surface area (Å²) < 4.78 is 4.64. The molecule has 1 unspecified atom stereocenters. The van der Waals surface area contributed by atoms with Gasteiger partial charge in [0.15, 0.2) is 0 Å². The molecule has 21 heavy (non-hydrogen) atoms. The molecule has 6 nitrogen and oxygen atoms in total. The average Bonchev–Trinajstić information content (AvgIpc) is 2.45. The highest BCUT2D eigenvalue weighted by Gasteiger charge is 2.17. The van der Waals surface area contributed by atoms with Gasteiger partial charge in [-0.3, -0.25) is 14.5 Å². The number of amides is 1. The quantitative estimate of drug-likeness (QED) is 0.797. The lowest BCUT2D eigenvalue weighted by Crippen LogP contribution is -2.35. The van der Waals surface area contributed by atoms with Gasteiger partial charge >= 0.3 is 5.97 Å². The van der Waals surface area contributed by atoms with E-state index in [2.05, 4.69) is 10.1 Å². The summed E-state index contributed by atoms with van der Waals surface area (Å²) in [4.78, 5) is 24.9. The van der Waals surface area contributed by atoms with Crippen LogP contribution in [0.25, 0.3) is 0 Å². The van der Waals surface area contributed by atoms with Crippen LogP contribution in [0.3, 0.4) is 0 Å². The number of esters is 1. The highest BCUT2D eigenvalue weighted by molar-refractivity contribution is 5.92. The molecule has 0 bridgehead atoms. The average molecular weight is 289 g/mol.